The summed E-state index contributed by atoms with van der Waals surface area (Å²) in [4.78, 5) is 12.3. The summed E-state index contributed by atoms with van der Waals surface area (Å²) in [6.07, 6.45) is 3.35. The Balaban J connectivity index is 1.74. The van der Waals surface area contributed by atoms with E-state index in [0.29, 0.717) is 18.6 Å². The van der Waals surface area contributed by atoms with E-state index in [1.54, 1.807) is 12.1 Å². The topological polar surface area (TPSA) is 56.8 Å². The highest BCUT2D eigenvalue weighted by Gasteiger charge is 2.22. The average molecular weight is 375 g/mol. The van der Waals surface area contributed by atoms with Crippen LogP contribution in [0.1, 0.15) is 23.6 Å². The van der Waals surface area contributed by atoms with Crippen molar-refractivity contribution < 1.29 is 27.8 Å². The van der Waals surface area contributed by atoms with Crippen molar-refractivity contribution in [3.05, 3.63) is 59.7 Å². The van der Waals surface area contributed by atoms with E-state index in [9.17, 15) is 13.6 Å². The number of ether oxygens (including phenoxy) is 3. The molecule has 1 N–H and O–H groups in total. The maximum absolute atomic E-state index is 12.7. The molecule has 2 aromatic carbocycles. The number of amides is 1. The quantitative estimate of drug-likeness (QED) is 0.777. The monoisotopic (exact) mass is 375 g/mol. The Bertz CT molecular complexity index is 838. The first-order valence-electron chi connectivity index (χ1n) is 8.40. The largest absolute Gasteiger partial charge is 0.493 e. The lowest BCUT2D eigenvalue weighted by Crippen LogP contribution is -2.30. The van der Waals surface area contributed by atoms with Crippen LogP contribution in [0.5, 0.6) is 17.2 Å². The van der Waals surface area contributed by atoms with Gasteiger partial charge in [0.05, 0.1) is 19.8 Å². The molecule has 0 saturated heterocycles. The molecule has 3 rings (SSSR count). The number of fused-ring (bicyclic) bond motifs is 1. The normalized spacial score (nSPS) is 15.9. The fourth-order valence-corrected chi connectivity index (χ4v) is 2.92. The van der Waals surface area contributed by atoms with Gasteiger partial charge in [-0.05, 0) is 18.2 Å². The molecule has 1 aliphatic heterocycles. The number of nitrogens with one attached hydrogen (secondary N) is 1. The predicted molar refractivity (Wildman–Crippen MR) is 96.1 cm³/mol. The Kier molecular flexibility index (Phi) is 5.90. The minimum Gasteiger partial charge on any atom is -0.493 e. The van der Waals surface area contributed by atoms with Crippen molar-refractivity contribution in [2.45, 2.75) is 19.1 Å². The molecule has 5 nitrogen and oxygen atoms in total. The molecule has 1 aliphatic rings. The van der Waals surface area contributed by atoms with Crippen LogP contribution in [0.3, 0.4) is 0 Å². The number of hydrogen-bond donors (Lipinski definition) is 1. The molecule has 142 valence electrons. The zero-order valence-electron chi connectivity index (χ0n) is 14.7. The van der Waals surface area contributed by atoms with E-state index >= 15 is 0 Å². The second-order valence-corrected chi connectivity index (χ2v) is 5.83. The molecule has 0 aliphatic carbocycles. The van der Waals surface area contributed by atoms with E-state index in [-0.39, 0.29) is 23.4 Å². The Labute approximate surface area is 155 Å². The van der Waals surface area contributed by atoms with Crippen LogP contribution in [0.15, 0.2) is 48.5 Å². The van der Waals surface area contributed by atoms with Gasteiger partial charge in [-0.2, -0.15) is 8.78 Å². The summed E-state index contributed by atoms with van der Waals surface area (Å²) >= 11 is 0. The number of para-hydroxylation sites is 2. The number of methoxy groups -OCH3 is 1. The molecular formula is C20H19F2NO4. The maximum Gasteiger partial charge on any atom is 0.387 e. The van der Waals surface area contributed by atoms with Gasteiger partial charge in [0.1, 0.15) is 5.75 Å². The zero-order valence-corrected chi connectivity index (χ0v) is 14.7. The minimum atomic E-state index is -3.00. The predicted octanol–water partition coefficient (Wildman–Crippen LogP) is 3.95. The third kappa shape index (κ3) is 4.55. The first-order chi connectivity index (χ1) is 13.1. The van der Waals surface area contributed by atoms with Crippen molar-refractivity contribution in [3.63, 3.8) is 0 Å². The van der Waals surface area contributed by atoms with Crippen LogP contribution in [0.4, 0.5) is 8.78 Å². The van der Waals surface area contributed by atoms with Crippen LogP contribution < -0.4 is 19.5 Å². The van der Waals surface area contributed by atoms with Gasteiger partial charge in [-0.15, -0.1) is 0 Å². The Morgan fingerprint density at radius 1 is 1.26 bits per heavy atom. The van der Waals surface area contributed by atoms with E-state index in [2.05, 4.69) is 10.1 Å². The van der Waals surface area contributed by atoms with E-state index in [1.807, 2.05) is 24.3 Å². The summed E-state index contributed by atoms with van der Waals surface area (Å²) in [7, 11) is 1.36. The van der Waals surface area contributed by atoms with Gasteiger partial charge in [0.15, 0.2) is 11.5 Å². The molecule has 27 heavy (non-hydrogen) atoms. The van der Waals surface area contributed by atoms with Crippen LogP contribution in [0.2, 0.25) is 0 Å². The number of hydrogen-bond acceptors (Lipinski definition) is 4. The molecule has 0 fully saturated rings. The van der Waals surface area contributed by atoms with Crippen molar-refractivity contribution in [3.8, 4) is 17.2 Å². The molecule has 0 radical (unpaired) electrons. The van der Waals surface area contributed by atoms with Gasteiger partial charge < -0.3 is 19.5 Å². The van der Waals surface area contributed by atoms with Gasteiger partial charge in [-0.3, -0.25) is 4.79 Å². The van der Waals surface area contributed by atoms with Gasteiger partial charge >= 0.3 is 6.61 Å². The van der Waals surface area contributed by atoms with E-state index in [1.165, 1.54) is 25.3 Å². The number of halogens is 2. The molecule has 7 heteroatoms. The summed E-state index contributed by atoms with van der Waals surface area (Å²) in [6.45, 7) is -2.49. The van der Waals surface area contributed by atoms with Crippen LogP contribution in [-0.2, 0) is 4.79 Å². The van der Waals surface area contributed by atoms with E-state index in [0.717, 1.165) is 11.3 Å². The molecule has 2 aromatic rings. The second-order valence-electron chi connectivity index (χ2n) is 5.83. The molecule has 1 atom stereocenters. The molecule has 1 heterocycles. The third-order valence-electron chi connectivity index (χ3n) is 4.13. The van der Waals surface area contributed by atoms with Crippen molar-refractivity contribution in [1.29, 1.82) is 0 Å². The van der Waals surface area contributed by atoms with Gasteiger partial charge in [-0.1, -0.05) is 30.3 Å². The highest BCUT2D eigenvalue weighted by molar-refractivity contribution is 5.92. The molecule has 1 amide bonds. The third-order valence-corrected chi connectivity index (χ3v) is 4.13. The fraction of sp³-hybridized carbons (Fsp3) is 0.250. The summed E-state index contributed by atoms with van der Waals surface area (Å²) < 4.78 is 40.5. The van der Waals surface area contributed by atoms with Gasteiger partial charge in [0.25, 0.3) is 0 Å². The summed E-state index contributed by atoms with van der Waals surface area (Å²) in [5.41, 5.74) is 1.23. The number of carbonyl (C=O) groups is 1. The Morgan fingerprint density at radius 3 is 2.85 bits per heavy atom. The van der Waals surface area contributed by atoms with Crippen molar-refractivity contribution in [2.24, 2.45) is 0 Å². The lowest BCUT2D eigenvalue weighted by atomic mass is 10.0. The molecular weight excluding hydrogens is 356 g/mol. The first-order valence-corrected chi connectivity index (χ1v) is 8.40. The van der Waals surface area contributed by atoms with Crippen LogP contribution >= 0.6 is 0 Å². The fourth-order valence-electron chi connectivity index (χ4n) is 2.92. The summed E-state index contributed by atoms with van der Waals surface area (Å²) in [5, 5.41) is 2.91. The maximum atomic E-state index is 12.7. The Morgan fingerprint density at radius 2 is 2.07 bits per heavy atom. The highest BCUT2D eigenvalue weighted by atomic mass is 19.3. The van der Waals surface area contributed by atoms with Crippen LogP contribution in [-0.4, -0.2) is 26.2 Å². The second kappa shape index (κ2) is 8.53. The average Bonchev–Trinajstić information content (AvgIpc) is 2.67. The highest BCUT2D eigenvalue weighted by Crippen LogP contribution is 2.34. The lowest BCUT2D eigenvalue weighted by molar-refractivity contribution is -0.117. The smallest absolute Gasteiger partial charge is 0.387 e. The lowest BCUT2D eigenvalue weighted by Gasteiger charge is -2.26. The van der Waals surface area contributed by atoms with E-state index < -0.39 is 6.61 Å². The van der Waals surface area contributed by atoms with Crippen LogP contribution in [0.25, 0.3) is 6.08 Å². The van der Waals surface area contributed by atoms with Crippen molar-refractivity contribution in [2.75, 3.05) is 13.7 Å². The molecule has 0 saturated carbocycles. The minimum absolute atomic E-state index is 0.115. The van der Waals surface area contributed by atoms with Gasteiger partial charge in [0.2, 0.25) is 5.91 Å². The molecule has 0 spiro atoms. The van der Waals surface area contributed by atoms with E-state index in [4.69, 9.17) is 9.47 Å². The van der Waals surface area contributed by atoms with Crippen molar-refractivity contribution in [1.82, 2.24) is 5.32 Å². The SMILES string of the molecule is COc1cccc(/C=C/C(=O)N[C@@H]2CCOc3ccccc32)c1OC(F)F. The zero-order chi connectivity index (χ0) is 19.2. The van der Waals surface area contributed by atoms with Gasteiger partial charge in [-0.25, -0.2) is 0 Å². The Hall–Kier alpha value is -3.09. The number of carbonyl (C=O) groups excluding carboxylic acids is 1. The van der Waals surface area contributed by atoms with Crippen molar-refractivity contribution >= 4 is 12.0 Å². The number of benzene rings is 2. The number of rotatable bonds is 6. The summed E-state index contributed by atoms with van der Waals surface area (Å²) in [5.74, 6) is 0.452. The van der Waals surface area contributed by atoms with Gasteiger partial charge in [0, 0.05) is 23.6 Å². The molecule has 0 bridgehead atoms. The first kappa shape index (κ1) is 18.7. The number of alkyl halides is 2. The molecule has 0 unspecified atom stereocenters. The summed E-state index contributed by atoms with van der Waals surface area (Å²) in [6, 6.07) is 12.0. The van der Waals surface area contributed by atoms with Crippen LogP contribution in [0, 0.1) is 0 Å². The standard InChI is InChI=1S/C20H19F2NO4/c1-25-17-8-4-5-13(19(17)27-20(21)22)9-10-18(24)23-15-11-12-26-16-7-3-2-6-14(15)16/h2-10,15,20H,11-12H2,1H3,(H,23,24)/b10-9+/t15-/m1/s1. The molecule has 0 aromatic heterocycles.